The number of imidazole rings is 1. The number of H-pyrrole nitrogens is 1. The molecule has 0 bridgehead atoms. The Morgan fingerprint density at radius 1 is 1.16 bits per heavy atom. The quantitative estimate of drug-likeness (QED) is 0.738. The molecule has 0 amide bonds. The maximum Gasteiger partial charge on any atom is 0.215 e. The molecule has 3 rings (SSSR count). The fourth-order valence-electron chi connectivity index (χ4n) is 2.03. The van der Waals surface area contributed by atoms with Crippen LogP contribution in [0.15, 0.2) is 30.3 Å². The number of fused-ring (bicyclic) bond motifs is 1. The van der Waals surface area contributed by atoms with Crippen molar-refractivity contribution in [3.8, 4) is 23.0 Å². The van der Waals surface area contributed by atoms with Crippen LogP contribution >= 0.6 is 0 Å². The second-order valence-electron chi connectivity index (χ2n) is 4.31. The molecule has 0 fully saturated rings. The van der Waals surface area contributed by atoms with Gasteiger partial charge in [-0.2, -0.15) is 4.98 Å². The molecule has 1 aromatic carbocycles. The molecular weight excluding hydrogens is 242 g/mol. The third-order valence-electron chi connectivity index (χ3n) is 2.99. The Hall–Kier alpha value is -2.56. The van der Waals surface area contributed by atoms with Crippen molar-refractivity contribution in [3.05, 3.63) is 35.9 Å². The number of nitrogens with zero attached hydrogens (tertiary/aromatic N) is 2. The molecule has 5 heteroatoms. The van der Waals surface area contributed by atoms with E-state index in [1.165, 1.54) is 0 Å². The molecule has 0 saturated heterocycles. The minimum atomic E-state index is 0.247. The molecule has 0 aliphatic rings. The molecule has 96 valence electrons. The van der Waals surface area contributed by atoms with E-state index in [-0.39, 0.29) is 5.75 Å². The monoisotopic (exact) mass is 255 g/mol. The van der Waals surface area contributed by atoms with E-state index < -0.39 is 0 Å². The summed E-state index contributed by atoms with van der Waals surface area (Å²) in [5, 5.41) is 9.43. The van der Waals surface area contributed by atoms with Gasteiger partial charge in [-0.05, 0) is 36.8 Å². The first-order chi connectivity index (χ1) is 9.17. The number of aromatic hydroxyl groups is 1. The molecule has 2 heterocycles. The number of hydrogen-bond donors (Lipinski definition) is 2. The summed E-state index contributed by atoms with van der Waals surface area (Å²) in [5.41, 5.74) is 3.35. The first-order valence-corrected chi connectivity index (χ1v) is 5.88. The van der Waals surface area contributed by atoms with Crippen molar-refractivity contribution >= 4 is 11.2 Å². The number of nitrogens with one attached hydrogen (secondary N) is 1. The number of hydrogen-bond acceptors (Lipinski definition) is 4. The number of phenolic OH excluding ortho intramolecular Hbond substituents is 1. The zero-order chi connectivity index (χ0) is 13.4. The summed E-state index contributed by atoms with van der Waals surface area (Å²) in [6.07, 6.45) is 0. The Morgan fingerprint density at radius 3 is 2.74 bits per heavy atom. The van der Waals surface area contributed by atoms with Crippen LogP contribution < -0.4 is 4.74 Å². The molecule has 0 radical (unpaired) electrons. The lowest BCUT2D eigenvalue weighted by Crippen LogP contribution is -1.87. The molecule has 0 unspecified atom stereocenters. The molecule has 5 nitrogen and oxygen atoms in total. The highest BCUT2D eigenvalue weighted by molar-refractivity contribution is 5.77. The van der Waals surface area contributed by atoms with Gasteiger partial charge in [0.1, 0.15) is 11.6 Å². The van der Waals surface area contributed by atoms with E-state index in [0.717, 1.165) is 22.5 Å². The summed E-state index contributed by atoms with van der Waals surface area (Å²) in [4.78, 5) is 11.9. The van der Waals surface area contributed by atoms with E-state index in [2.05, 4.69) is 15.0 Å². The molecule has 0 saturated carbocycles. The third-order valence-corrected chi connectivity index (χ3v) is 2.99. The van der Waals surface area contributed by atoms with Crippen LogP contribution in [-0.4, -0.2) is 27.2 Å². The van der Waals surface area contributed by atoms with Crippen LogP contribution in [-0.2, 0) is 0 Å². The minimum Gasteiger partial charge on any atom is -0.508 e. The van der Waals surface area contributed by atoms with Gasteiger partial charge < -0.3 is 14.8 Å². The maximum atomic E-state index is 9.43. The highest BCUT2D eigenvalue weighted by Crippen LogP contribution is 2.26. The van der Waals surface area contributed by atoms with Crippen molar-refractivity contribution in [3.63, 3.8) is 0 Å². The molecule has 2 aromatic heterocycles. The van der Waals surface area contributed by atoms with Crippen molar-refractivity contribution < 1.29 is 9.84 Å². The normalized spacial score (nSPS) is 10.8. The van der Waals surface area contributed by atoms with E-state index in [1.807, 2.05) is 19.1 Å². The lowest BCUT2D eigenvalue weighted by molar-refractivity contribution is 0.399. The second-order valence-corrected chi connectivity index (χ2v) is 4.31. The van der Waals surface area contributed by atoms with E-state index >= 15 is 0 Å². The van der Waals surface area contributed by atoms with Gasteiger partial charge in [-0.15, -0.1) is 0 Å². The van der Waals surface area contributed by atoms with Gasteiger partial charge in [-0.3, -0.25) is 0 Å². The molecule has 0 atom stereocenters. The number of aryl methyl sites for hydroxylation is 1. The number of phenols is 1. The number of ether oxygens (including phenoxy) is 1. The van der Waals surface area contributed by atoms with Gasteiger partial charge in [0.05, 0.1) is 12.6 Å². The maximum absolute atomic E-state index is 9.43. The first-order valence-electron chi connectivity index (χ1n) is 5.88. The van der Waals surface area contributed by atoms with Gasteiger partial charge in [0.2, 0.25) is 5.88 Å². The van der Waals surface area contributed by atoms with Crippen molar-refractivity contribution in [2.45, 2.75) is 6.92 Å². The summed E-state index contributed by atoms with van der Waals surface area (Å²) < 4.78 is 5.08. The standard InChI is InChI=1S/C14H13N3O2/c1-8-7-9(18)3-4-10(8)13-15-11-5-6-12(19-2)16-14(11)17-13/h3-7,18H,1-2H3,(H,15,16,17). The van der Waals surface area contributed by atoms with Crippen molar-refractivity contribution in [2.24, 2.45) is 0 Å². The summed E-state index contributed by atoms with van der Waals surface area (Å²) in [6.45, 7) is 1.93. The lowest BCUT2D eigenvalue weighted by atomic mass is 10.1. The van der Waals surface area contributed by atoms with E-state index in [4.69, 9.17) is 4.74 Å². The molecule has 2 N–H and O–H groups in total. The SMILES string of the molecule is COc1ccc2[nH]c(-c3ccc(O)cc3C)nc2n1. The topological polar surface area (TPSA) is 71.0 Å². The van der Waals surface area contributed by atoms with Gasteiger partial charge in [0.15, 0.2) is 5.65 Å². The van der Waals surface area contributed by atoms with Gasteiger partial charge in [0, 0.05) is 11.6 Å². The summed E-state index contributed by atoms with van der Waals surface area (Å²) in [5.74, 6) is 1.51. The Morgan fingerprint density at radius 2 is 2.00 bits per heavy atom. The van der Waals surface area contributed by atoms with E-state index in [0.29, 0.717) is 11.5 Å². The van der Waals surface area contributed by atoms with Crippen molar-refractivity contribution in [1.82, 2.24) is 15.0 Å². The summed E-state index contributed by atoms with van der Waals surface area (Å²) in [7, 11) is 1.58. The predicted molar refractivity (Wildman–Crippen MR) is 72.3 cm³/mol. The zero-order valence-corrected chi connectivity index (χ0v) is 10.6. The number of benzene rings is 1. The molecule has 19 heavy (non-hydrogen) atoms. The van der Waals surface area contributed by atoms with Gasteiger partial charge >= 0.3 is 0 Å². The third kappa shape index (κ3) is 1.99. The lowest BCUT2D eigenvalue weighted by Gasteiger charge is -2.02. The van der Waals surface area contributed by atoms with Crippen LogP contribution in [0.5, 0.6) is 11.6 Å². The molecule has 0 spiro atoms. The average Bonchev–Trinajstić information content (AvgIpc) is 2.80. The Bertz CT molecular complexity index is 750. The van der Waals surface area contributed by atoms with Crippen LogP contribution in [0, 0.1) is 6.92 Å². The predicted octanol–water partition coefficient (Wildman–Crippen LogP) is 2.65. The number of rotatable bonds is 2. The fourth-order valence-corrected chi connectivity index (χ4v) is 2.03. The fraction of sp³-hybridized carbons (Fsp3) is 0.143. The van der Waals surface area contributed by atoms with Crippen LogP contribution in [0.2, 0.25) is 0 Å². The van der Waals surface area contributed by atoms with E-state index in [1.54, 1.807) is 25.3 Å². The Balaban J connectivity index is 2.14. The Kier molecular flexibility index (Phi) is 2.59. The molecule has 0 aliphatic heterocycles. The summed E-state index contributed by atoms with van der Waals surface area (Å²) >= 11 is 0. The van der Waals surface area contributed by atoms with Crippen molar-refractivity contribution in [2.75, 3.05) is 7.11 Å². The van der Waals surface area contributed by atoms with Crippen molar-refractivity contribution in [1.29, 1.82) is 0 Å². The van der Waals surface area contributed by atoms with Crippen LogP contribution in [0.3, 0.4) is 0 Å². The highest BCUT2D eigenvalue weighted by atomic mass is 16.5. The largest absolute Gasteiger partial charge is 0.508 e. The van der Waals surface area contributed by atoms with E-state index in [9.17, 15) is 5.11 Å². The van der Waals surface area contributed by atoms with Crippen LogP contribution in [0.25, 0.3) is 22.6 Å². The van der Waals surface area contributed by atoms with Gasteiger partial charge in [-0.1, -0.05) is 0 Å². The number of aromatic nitrogens is 3. The first kappa shape index (κ1) is 11.5. The van der Waals surface area contributed by atoms with Gasteiger partial charge in [0.25, 0.3) is 0 Å². The average molecular weight is 255 g/mol. The zero-order valence-electron chi connectivity index (χ0n) is 10.6. The highest BCUT2D eigenvalue weighted by Gasteiger charge is 2.09. The molecule has 3 aromatic rings. The van der Waals surface area contributed by atoms with Gasteiger partial charge in [-0.25, -0.2) is 4.98 Å². The molecule has 0 aliphatic carbocycles. The minimum absolute atomic E-state index is 0.247. The number of pyridine rings is 1. The van der Waals surface area contributed by atoms with Crippen LogP contribution in [0.4, 0.5) is 0 Å². The second kappa shape index (κ2) is 4.28. The Labute approximate surface area is 109 Å². The number of aromatic amines is 1. The number of methoxy groups -OCH3 is 1. The molecular formula is C14H13N3O2. The van der Waals surface area contributed by atoms with Crippen LogP contribution in [0.1, 0.15) is 5.56 Å². The smallest absolute Gasteiger partial charge is 0.215 e. The summed E-state index contributed by atoms with van der Waals surface area (Å²) in [6, 6.07) is 8.85.